The fourth-order valence-corrected chi connectivity index (χ4v) is 3.04. The van der Waals surface area contributed by atoms with E-state index in [0.717, 1.165) is 11.1 Å². The van der Waals surface area contributed by atoms with Crippen molar-refractivity contribution in [1.29, 1.82) is 0 Å². The Balaban J connectivity index is 1.81. The van der Waals surface area contributed by atoms with Crippen LogP contribution in [0.5, 0.6) is 0 Å². The predicted molar refractivity (Wildman–Crippen MR) is 90.2 cm³/mol. The Hall–Kier alpha value is -2.69. The number of aromatic nitrogens is 1. The number of fused-ring (bicyclic) bond motifs is 1. The van der Waals surface area contributed by atoms with Gasteiger partial charge in [0.1, 0.15) is 0 Å². The minimum atomic E-state index is -0.969. The van der Waals surface area contributed by atoms with Crippen molar-refractivity contribution in [2.75, 3.05) is 6.54 Å². The molecule has 3 rings (SSSR count). The molecule has 0 radical (unpaired) electrons. The van der Waals surface area contributed by atoms with Crippen LogP contribution in [-0.2, 0) is 13.0 Å². The van der Waals surface area contributed by atoms with Crippen molar-refractivity contribution < 1.29 is 14.7 Å². The van der Waals surface area contributed by atoms with Gasteiger partial charge in [-0.15, -0.1) is 0 Å². The average molecular weight is 324 g/mol. The first-order valence-electron chi connectivity index (χ1n) is 8.05. The number of hydrogen-bond donors (Lipinski definition) is 1. The number of carboxylic acids is 1. The summed E-state index contributed by atoms with van der Waals surface area (Å²) in [4.78, 5) is 29.7. The molecule has 0 unspecified atom stereocenters. The van der Waals surface area contributed by atoms with E-state index in [2.05, 4.69) is 18.8 Å². The van der Waals surface area contributed by atoms with Gasteiger partial charge in [-0.05, 0) is 41.2 Å². The number of carboxylic acid groups (broad SMARTS) is 1. The van der Waals surface area contributed by atoms with Gasteiger partial charge >= 0.3 is 5.97 Å². The fourth-order valence-electron chi connectivity index (χ4n) is 3.04. The monoisotopic (exact) mass is 324 g/mol. The second-order valence-electron chi connectivity index (χ2n) is 6.38. The molecule has 1 aromatic carbocycles. The Morgan fingerprint density at radius 2 is 1.88 bits per heavy atom. The van der Waals surface area contributed by atoms with Crippen LogP contribution in [0.1, 0.15) is 57.2 Å². The van der Waals surface area contributed by atoms with Crippen LogP contribution in [0.15, 0.2) is 36.7 Å². The van der Waals surface area contributed by atoms with Crippen LogP contribution < -0.4 is 0 Å². The summed E-state index contributed by atoms with van der Waals surface area (Å²) in [5.41, 5.74) is 3.70. The maximum absolute atomic E-state index is 12.7. The van der Waals surface area contributed by atoms with Crippen LogP contribution in [-0.4, -0.2) is 33.4 Å². The van der Waals surface area contributed by atoms with Gasteiger partial charge < -0.3 is 10.0 Å². The topological polar surface area (TPSA) is 70.5 Å². The molecule has 1 amide bonds. The quantitative estimate of drug-likeness (QED) is 0.942. The lowest BCUT2D eigenvalue weighted by molar-refractivity contribution is 0.0693. The predicted octanol–water partition coefficient (Wildman–Crippen LogP) is 3.10. The van der Waals surface area contributed by atoms with E-state index >= 15 is 0 Å². The van der Waals surface area contributed by atoms with Crippen molar-refractivity contribution in [3.05, 3.63) is 64.5 Å². The molecule has 5 heteroatoms. The molecule has 1 aromatic heterocycles. The maximum atomic E-state index is 12.7. The van der Waals surface area contributed by atoms with E-state index in [9.17, 15) is 14.7 Å². The number of carbonyl (C=O) groups excluding carboxylic acids is 1. The van der Waals surface area contributed by atoms with Crippen LogP contribution >= 0.6 is 0 Å². The van der Waals surface area contributed by atoms with Gasteiger partial charge in [-0.2, -0.15) is 0 Å². The summed E-state index contributed by atoms with van der Waals surface area (Å²) < 4.78 is 0. The molecule has 0 spiro atoms. The van der Waals surface area contributed by atoms with Crippen molar-refractivity contribution >= 4 is 11.9 Å². The second kappa shape index (κ2) is 6.43. The molecule has 1 aliphatic rings. The van der Waals surface area contributed by atoms with Crippen LogP contribution in [0.2, 0.25) is 0 Å². The van der Waals surface area contributed by atoms with Crippen molar-refractivity contribution in [2.45, 2.75) is 32.7 Å². The van der Waals surface area contributed by atoms with E-state index in [0.29, 0.717) is 31.0 Å². The number of benzene rings is 1. The highest BCUT2D eigenvalue weighted by Gasteiger charge is 2.25. The molecule has 1 aliphatic heterocycles. The molecule has 24 heavy (non-hydrogen) atoms. The highest BCUT2D eigenvalue weighted by atomic mass is 16.4. The fraction of sp³-hybridized carbons (Fsp3) is 0.316. The van der Waals surface area contributed by atoms with E-state index in [1.165, 1.54) is 11.8 Å². The molecule has 0 saturated carbocycles. The molecule has 1 N–H and O–H groups in total. The molecule has 0 aliphatic carbocycles. The van der Waals surface area contributed by atoms with E-state index in [1.54, 1.807) is 11.1 Å². The minimum Gasteiger partial charge on any atom is -0.478 e. The molecular weight excluding hydrogens is 304 g/mol. The number of nitrogens with zero attached hydrogens (tertiary/aromatic N) is 2. The number of amides is 1. The number of rotatable bonds is 3. The summed E-state index contributed by atoms with van der Waals surface area (Å²) in [6.45, 7) is 5.15. The Kier molecular flexibility index (Phi) is 4.34. The van der Waals surface area contributed by atoms with Crippen molar-refractivity contribution in [1.82, 2.24) is 9.88 Å². The first kappa shape index (κ1) is 16.2. The number of hydrogen-bond acceptors (Lipinski definition) is 3. The average Bonchev–Trinajstić information content (AvgIpc) is 2.60. The van der Waals surface area contributed by atoms with Gasteiger partial charge in [0.2, 0.25) is 0 Å². The summed E-state index contributed by atoms with van der Waals surface area (Å²) >= 11 is 0. The smallest absolute Gasteiger partial charge is 0.337 e. The lowest BCUT2D eigenvalue weighted by atomic mass is 9.96. The van der Waals surface area contributed by atoms with E-state index in [1.807, 2.05) is 24.3 Å². The second-order valence-corrected chi connectivity index (χ2v) is 6.38. The van der Waals surface area contributed by atoms with Gasteiger partial charge in [0.25, 0.3) is 5.91 Å². The molecular formula is C19H20N2O3. The van der Waals surface area contributed by atoms with E-state index < -0.39 is 5.97 Å². The van der Waals surface area contributed by atoms with Gasteiger partial charge in [0, 0.05) is 31.0 Å². The zero-order valence-electron chi connectivity index (χ0n) is 13.8. The molecule has 5 nitrogen and oxygen atoms in total. The molecule has 0 saturated heterocycles. The van der Waals surface area contributed by atoms with E-state index in [4.69, 9.17) is 0 Å². The number of pyridine rings is 1. The van der Waals surface area contributed by atoms with Gasteiger partial charge in [0.15, 0.2) is 0 Å². The minimum absolute atomic E-state index is 0.0308. The Bertz CT molecular complexity index is 782. The van der Waals surface area contributed by atoms with E-state index in [-0.39, 0.29) is 11.5 Å². The van der Waals surface area contributed by atoms with Crippen LogP contribution in [0.4, 0.5) is 0 Å². The Morgan fingerprint density at radius 3 is 2.50 bits per heavy atom. The first-order valence-corrected chi connectivity index (χ1v) is 8.05. The first-order chi connectivity index (χ1) is 11.5. The van der Waals surface area contributed by atoms with Crippen LogP contribution in [0.3, 0.4) is 0 Å². The largest absolute Gasteiger partial charge is 0.478 e. The third-order valence-electron chi connectivity index (χ3n) is 4.48. The van der Waals surface area contributed by atoms with Gasteiger partial charge in [-0.25, -0.2) is 4.79 Å². The molecule has 2 aromatic rings. The van der Waals surface area contributed by atoms with Crippen molar-refractivity contribution in [3.63, 3.8) is 0 Å². The van der Waals surface area contributed by atoms with Crippen molar-refractivity contribution in [2.24, 2.45) is 0 Å². The zero-order chi connectivity index (χ0) is 17.3. The summed E-state index contributed by atoms with van der Waals surface area (Å²) in [6.07, 6.45) is 3.57. The SMILES string of the molecule is CC(C)c1ccc(C(=O)N2CCc3c(cncc3C(=O)O)C2)cc1. The van der Waals surface area contributed by atoms with Crippen LogP contribution in [0, 0.1) is 0 Å². The Morgan fingerprint density at radius 1 is 1.17 bits per heavy atom. The van der Waals surface area contributed by atoms with Gasteiger partial charge in [0.05, 0.1) is 5.56 Å². The Labute approximate surface area is 140 Å². The van der Waals surface area contributed by atoms with Crippen LogP contribution in [0.25, 0.3) is 0 Å². The number of carbonyl (C=O) groups is 2. The summed E-state index contributed by atoms with van der Waals surface area (Å²) in [6, 6.07) is 7.69. The zero-order valence-corrected chi connectivity index (χ0v) is 13.8. The standard InChI is InChI=1S/C19H20N2O3/c1-12(2)13-3-5-14(6-4-13)18(22)21-8-7-16-15(11-21)9-20-10-17(16)19(23)24/h3-6,9-10,12H,7-8,11H2,1-2H3,(H,23,24). The molecule has 2 heterocycles. The summed E-state index contributed by atoms with van der Waals surface area (Å²) in [5, 5.41) is 9.24. The number of aromatic carboxylic acids is 1. The lowest BCUT2D eigenvalue weighted by Crippen LogP contribution is -2.36. The normalized spacial score (nSPS) is 13.7. The molecule has 0 atom stereocenters. The van der Waals surface area contributed by atoms with Gasteiger partial charge in [-0.3, -0.25) is 9.78 Å². The molecule has 0 bridgehead atoms. The summed E-state index contributed by atoms with van der Waals surface area (Å²) in [7, 11) is 0. The molecule has 0 fully saturated rings. The third-order valence-corrected chi connectivity index (χ3v) is 4.48. The summed E-state index contributed by atoms with van der Waals surface area (Å²) in [5.74, 6) is -0.573. The van der Waals surface area contributed by atoms with Crippen molar-refractivity contribution in [3.8, 4) is 0 Å². The highest BCUT2D eigenvalue weighted by molar-refractivity contribution is 5.94. The maximum Gasteiger partial charge on any atom is 0.337 e. The third kappa shape index (κ3) is 3.02. The van der Waals surface area contributed by atoms with Gasteiger partial charge in [-0.1, -0.05) is 26.0 Å². The highest BCUT2D eigenvalue weighted by Crippen LogP contribution is 2.23. The lowest BCUT2D eigenvalue weighted by Gasteiger charge is -2.29. The molecule has 124 valence electrons.